The van der Waals surface area contributed by atoms with Crippen LogP contribution in [0.2, 0.25) is 0 Å². The molecule has 76 heavy (non-hydrogen) atoms. The Labute approximate surface area is 460 Å². The number of ether oxygens (including phenoxy) is 3. The van der Waals surface area contributed by atoms with Gasteiger partial charge >= 0.3 is 25.7 Å². The van der Waals surface area contributed by atoms with Crippen molar-refractivity contribution < 1.29 is 52.2 Å². The van der Waals surface area contributed by atoms with Gasteiger partial charge in [0.25, 0.3) is 0 Å². The van der Waals surface area contributed by atoms with Gasteiger partial charge in [0.05, 0.1) is 19.8 Å². The number of hydrogen-bond donors (Lipinski definition) is 2. The molecule has 0 aliphatic carbocycles. The maximum Gasteiger partial charge on any atom is 0.472 e. The first-order chi connectivity index (χ1) is 37.2. The predicted octanol–water partition coefficient (Wildman–Crippen LogP) is 16.9. The Morgan fingerprint density at radius 2 is 0.724 bits per heavy atom. The molecule has 0 aromatic heterocycles. The van der Waals surface area contributed by atoms with Gasteiger partial charge in [-0.15, -0.1) is 0 Å². The standard InChI is InChI=1S/C64H99O11P/c1-4-7-10-13-16-19-22-25-27-29-30-32-34-37-40-43-46-49-52-55-64(68)75-61(57-71-62(66)53-50-47-44-41-38-36-33-31-28-26-23-20-17-14-11-8-5-2)59-73-76(69,70)72-58-60(56-65)74-63(67)54-51-48-45-42-39-35-24-21-18-15-12-9-6-3/h7-8,10-12,15-17,19-21,24-28,30,32-33,36-37,40-41,44,46,49,60-61,65H,4-6,9,13-14,18,22-23,29,31,34-35,38-39,42-43,45,47-48,50-59H2,1-3H3,(H,69,70)/b10-7-,11-8-,15-12-,19-16-,20-17-,24-21-,27-25-,28-26-,32-30-,36-33-,40-37-,44-41-,49-46-. The minimum atomic E-state index is -4.80. The van der Waals surface area contributed by atoms with Crippen molar-refractivity contribution in [1.29, 1.82) is 0 Å². The van der Waals surface area contributed by atoms with Crippen LogP contribution < -0.4 is 0 Å². The quantitative estimate of drug-likeness (QED) is 0.0197. The summed E-state index contributed by atoms with van der Waals surface area (Å²) < 4.78 is 39.3. The third-order valence-electron chi connectivity index (χ3n) is 10.9. The topological polar surface area (TPSA) is 155 Å². The van der Waals surface area contributed by atoms with E-state index in [1.165, 1.54) is 0 Å². The molecule has 0 amide bonds. The second-order valence-corrected chi connectivity index (χ2v) is 19.4. The number of esters is 3. The monoisotopic (exact) mass is 1070 g/mol. The Balaban J connectivity index is 4.97. The number of aliphatic hydroxyl groups excluding tert-OH is 1. The normalized spacial score (nSPS) is 14.5. The van der Waals surface area contributed by atoms with Gasteiger partial charge in [0.1, 0.15) is 12.7 Å². The molecule has 0 spiro atoms. The Bertz CT molecular complexity index is 1880. The molecule has 11 nitrogen and oxygen atoms in total. The van der Waals surface area contributed by atoms with Crippen molar-refractivity contribution in [3.8, 4) is 0 Å². The van der Waals surface area contributed by atoms with Gasteiger partial charge in [-0.2, -0.15) is 0 Å². The van der Waals surface area contributed by atoms with E-state index in [2.05, 4.69) is 154 Å². The van der Waals surface area contributed by atoms with E-state index < -0.39 is 64.4 Å². The summed E-state index contributed by atoms with van der Waals surface area (Å²) in [6, 6.07) is 0. The Kier molecular flexibility index (Phi) is 52.7. The zero-order chi connectivity index (χ0) is 55.5. The lowest BCUT2D eigenvalue weighted by Gasteiger charge is -2.21. The minimum absolute atomic E-state index is 0.0196. The Morgan fingerprint density at radius 3 is 1.17 bits per heavy atom. The molecule has 3 unspecified atom stereocenters. The molecule has 12 heteroatoms. The molecule has 0 aromatic carbocycles. The zero-order valence-electron chi connectivity index (χ0n) is 46.9. The molecule has 0 aromatic rings. The summed E-state index contributed by atoms with van der Waals surface area (Å²) in [6.07, 6.45) is 73.7. The average molecular weight is 1080 g/mol. The first-order valence-corrected chi connectivity index (χ1v) is 29.9. The minimum Gasteiger partial charge on any atom is -0.462 e. The second kappa shape index (κ2) is 56.3. The van der Waals surface area contributed by atoms with Gasteiger partial charge in [0, 0.05) is 19.3 Å². The lowest BCUT2D eigenvalue weighted by atomic mass is 10.1. The Hall–Kier alpha value is -4.90. The zero-order valence-corrected chi connectivity index (χ0v) is 47.8. The number of unbranched alkanes of at least 4 members (excludes halogenated alkanes) is 7. The molecule has 0 radical (unpaired) electrons. The van der Waals surface area contributed by atoms with Crippen molar-refractivity contribution in [1.82, 2.24) is 0 Å². The SMILES string of the molecule is CC/C=C\C/C=C\C/C=C\C/C=C\C/C=C\C/C=C\CCC(=O)OC(COC(=O)CCC/C=C\C/C=C\C/C=C\C/C=C\C/C=C\CC)COP(=O)(O)OCC(CO)OC(=O)CCCCCCC/C=C\C/C=C\CCC. The summed E-state index contributed by atoms with van der Waals surface area (Å²) in [6.45, 7) is 4.15. The molecule has 0 bridgehead atoms. The highest BCUT2D eigenvalue weighted by Gasteiger charge is 2.28. The van der Waals surface area contributed by atoms with Crippen LogP contribution in [-0.4, -0.2) is 66.5 Å². The van der Waals surface area contributed by atoms with Crippen LogP contribution in [0.5, 0.6) is 0 Å². The number of carbonyl (C=O) groups is 3. The lowest BCUT2D eigenvalue weighted by molar-refractivity contribution is -0.161. The predicted molar refractivity (Wildman–Crippen MR) is 315 cm³/mol. The summed E-state index contributed by atoms with van der Waals surface area (Å²) in [4.78, 5) is 48.5. The van der Waals surface area contributed by atoms with Crippen LogP contribution in [-0.2, 0) is 42.2 Å². The van der Waals surface area contributed by atoms with Crippen LogP contribution >= 0.6 is 7.82 Å². The molecule has 3 atom stereocenters. The van der Waals surface area contributed by atoms with Crippen LogP contribution in [0.4, 0.5) is 0 Å². The average Bonchev–Trinajstić information content (AvgIpc) is 3.41. The smallest absolute Gasteiger partial charge is 0.462 e. The summed E-state index contributed by atoms with van der Waals surface area (Å²) in [7, 11) is -4.80. The molecule has 0 aliphatic heterocycles. The molecule has 0 heterocycles. The maximum atomic E-state index is 12.9. The van der Waals surface area contributed by atoms with E-state index in [-0.39, 0.29) is 19.3 Å². The molecule has 426 valence electrons. The number of allylic oxidation sites excluding steroid dienone is 26. The van der Waals surface area contributed by atoms with Crippen molar-refractivity contribution in [2.45, 2.75) is 200 Å². The van der Waals surface area contributed by atoms with Crippen molar-refractivity contribution in [2.24, 2.45) is 0 Å². The number of rotatable bonds is 50. The summed E-state index contributed by atoms with van der Waals surface area (Å²) in [5, 5.41) is 9.80. The largest absolute Gasteiger partial charge is 0.472 e. The third-order valence-corrected chi connectivity index (χ3v) is 11.9. The van der Waals surface area contributed by atoms with Crippen molar-refractivity contribution in [3.05, 3.63) is 158 Å². The van der Waals surface area contributed by atoms with Gasteiger partial charge in [-0.05, 0) is 122 Å². The highest BCUT2D eigenvalue weighted by molar-refractivity contribution is 7.47. The van der Waals surface area contributed by atoms with E-state index in [1.54, 1.807) is 0 Å². The summed E-state index contributed by atoms with van der Waals surface area (Å²) in [5.41, 5.74) is 0. The van der Waals surface area contributed by atoms with Gasteiger partial charge in [0.2, 0.25) is 0 Å². The van der Waals surface area contributed by atoms with E-state index in [0.717, 1.165) is 116 Å². The van der Waals surface area contributed by atoms with Gasteiger partial charge < -0.3 is 24.2 Å². The van der Waals surface area contributed by atoms with E-state index in [0.29, 0.717) is 32.1 Å². The highest BCUT2D eigenvalue weighted by atomic mass is 31.2. The first kappa shape index (κ1) is 71.1. The molecular weight excluding hydrogens is 976 g/mol. The van der Waals surface area contributed by atoms with Crippen molar-refractivity contribution >= 4 is 25.7 Å². The number of phosphoric acid groups is 1. The third kappa shape index (κ3) is 53.9. The van der Waals surface area contributed by atoms with E-state index >= 15 is 0 Å². The highest BCUT2D eigenvalue weighted by Crippen LogP contribution is 2.43. The summed E-state index contributed by atoms with van der Waals surface area (Å²) >= 11 is 0. The van der Waals surface area contributed by atoms with Crippen LogP contribution in [0.3, 0.4) is 0 Å². The van der Waals surface area contributed by atoms with Gasteiger partial charge in [-0.25, -0.2) is 4.57 Å². The molecule has 0 fully saturated rings. The fraction of sp³-hybridized carbons (Fsp3) is 0.547. The lowest BCUT2D eigenvalue weighted by Crippen LogP contribution is -2.30. The van der Waals surface area contributed by atoms with Crippen molar-refractivity contribution in [2.75, 3.05) is 26.4 Å². The molecule has 2 N–H and O–H groups in total. The van der Waals surface area contributed by atoms with E-state index in [1.807, 2.05) is 24.3 Å². The van der Waals surface area contributed by atoms with E-state index in [9.17, 15) is 28.9 Å². The van der Waals surface area contributed by atoms with Crippen LogP contribution in [0.25, 0.3) is 0 Å². The second-order valence-electron chi connectivity index (χ2n) is 18.0. The van der Waals surface area contributed by atoms with Crippen LogP contribution in [0, 0.1) is 0 Å². The van der Waals surface area contributed by atoms with Crippen LogP contribution in [0.15, 0.2) is 158 Å². The van der Waals surface area contributed by atoms with E-state index in [4.69, 9.17) is 23.3 Å². The molecule has 0 aliphatic rings. The van der Waals surface area contributed by atoms with Crippen LogP contribution in [0.1, 0.15) is 188 Å². The maximum absolute atomic E-state index is 12.9. The Morgan fingerprint density at radius 1 is 0.382 bits per heavy atom. The fourth-order valence-corrected chi connectivity index (χ4v) is 7.47. The molecule has 0 saturated heterocycles. The number of phosphoric ester groups is 1. The first-order valence-electron chi connectivity index (χ1n) is 28.4. The number of hydrogen-bond acceptors (Lipinski definition) is 10. The molecular formula is C64H99O11P. The van der Waals surface area contributed by atoms with Gasteiger partial charge in [-0.1, -0.05) is 204 Å². The summed E-state index contributed by atoms with van der Waals surface area (Å²) in [5.74, 6) is -1.68. The van der Waals surface area contributed by atoms with Gasteiger partial charge in [-0.3, -0.25) is 23.4 Å². The fourth-order valence-electron chi connectivity index (χ4n) is 6.69. The van der Waals surface area contributed by atoms with Crippen molar-refractivity contribution in [3.63, 3.8) is 0 Å². The number of aliphatic hydroxyl groups is 1. The number of carbonyl (C=O) groups excluding carboxylic acids is 3. The molecule has 0 rings (SSSR count). The van der Waals surface area contributed by atoms with Gasteiger partial charge in [0.15, 0.2) is 6.10 Å². The molecule has 0 saturated carbocycles.